The number of thiazole rings is 1. The second kappa shape index (κ2) is 10.2. The molecule has 33 heavy (non-hydrogen) atoms. The molecule has 10 heteroatoms. The molecule has 1 fully saturated rings. The van der Waals surface area contributed by atoms with E-state index in [0.29, 0.717) is 37.7 Å². The standard InChI is InChI=1S/C23H27N5O4S/c1-15-21(16(2)32-26-15)8-22(29)28-11-20(31-13-18-4-6-24-7-5-18)10-27(23(30)12-28)9-19-14-33-17(3)25-19/h4-7,14,20H,8-13H2,1-3H3/t20-/m1/s1. The Balaban J connectivity index is 1.50. The summed E-state index contributed by atoms with van der Waals surface area (Å²) in [5, 5.41) is 6.84. The summed E-state index contributed by atoms with van der Waals surface area (Å²) < 4.78 is 11.4. The summed E-state index contributed by atoms with van der Waals surface area (Å²) in [5.74, 6) is 0.345. The van der Waals surface area contributed by atoms with E-state index >= 15 is 0 Å². The van der Waals surface area contributed by atoms with Crippen molar-refractivity contribution in [1.82, 2.24) is 24.9 Å². The van der Waals surface area contributed by atoms with Gasteiger partial charge in [0.25, 0.3) is 0 Å². The van der Waals surface area contributed by atoms with Crippen LogP contribution >= 0.6 is 11.3 Å². The Labute approximate surface area is 196 Å². The zero-order valence-electron chi connectivity index (χ0n) is 19.0. The third-order valence-corrected chi connectivity index (χ3v) is 6.47. The third kappa shape index (κ3) is 5.82. The van der Waals surface area contributed by atoms with Crippen molar-refractivity contribution in [2.45, 2.75) is 46.4 Å². The number of aromatic nitrogens is 3. The average molecular weight is 470 g/mol. The minimum Gasteiger partial charge on any atom is -0.370 e. The lowest BCUT2D eigenvalue weighted by molar-refractivity contribution is -0.138. The molecule has 4 rings (SSSR count). The van der Waals surface area contributed by atoms with Crippen LogP contribution in [0.15, 0.2) is 34.4 Å². The molecule has 0 N–H and O–H groups in total. The van der Waals surface area contributed by atoms with Gasteiger partial charge in [0, 0.05) is 36.4 Å². The highest BCUT2D eigenvalue weighted by molar-refractivity contribution is 7.09. The molecule has 1 saturated heterocycles. The van der Waals surface area contributed by atoms with Crippen LogP contribution in [-0.4, -0.2) is 62.5 Å². The van der Waals surface area contributed by atoms with Gasteiger partial charge in [0.2, 0.25) is 11.8 Å². The molecule has 1 aliphatic rings. The van der Waals surface area contributed by atoms with E-state index < -0.39 is 0 Å². The molecule has 3 aromatic heterocycles. The predicted octanol–water partition coefficient (Wildman–Crippen LogP) is 2.45. The van der Waals surface area contributed by atoms with Gasteiger partial charge >= 0.3 is 0 Å². The highest BCUT2D eigenvalue weighted by atomic mass is 32.1. The van der Waals surface area contributed by atoms with Crippen LogP contribution in [0.2, 0.25) is 0 Å². The lowest BCUT2D eigenvalue weighted by atomic mass is 10.1. The van der Waals surface area contributed by atoms with E-state index in [9.17, 15) is 9.59 Å². The third-order valence-electron chi connectivity index (χ3n) is 5.64. The Morgan fingerprint density at radius 3 is 2.70 bits per heavy atom. The number of amides is 2. The lowest BCUT2D eigenvalue weighted by Gasteiger charge is -2.24. The second-order valence-corrected chi connectivity index (χ2v) is 9.24. The fourth-order valence-corrected chi connectivity index (χ4v) is 4.42. The van der Waals surface area contributed by atoms with E-state index in [0.717, 1.165) is 21.8 Å². The van der Waals surface area contributed by atoms with Crippen LogP contribution in [0.25, 0.3) is 0 Å². The molecule has 0 saturated carbocycles. The van der Waals surface area contributed by atoms with Crippen molar-refractivity contribution in [2.24, 2.45) is 0 Å². The summed E-state index contributed by atoms with van der Waals surface area (Å²) in [6.45, 7) is 7.01. The molecule has 0 aliphatic carbocycles. The van der Waals surface area contributed by atoms with Crippen LogP contribution in [0.3, 0.4) is 0 Å². The minimum atomic E-state index is -0.335. The largest absolute Gasteiger partial charge is 0.370 e. The summed E-state index contributed by atoms with van der Waals surface area (Å²) in [4.78, 5) is 38.1. The highest BCUT2D eigenvalue weighted by Crippen LogP contribution is 2.18. The summed E-state index contributed by atoms with van der Waals surface area (Å²) in [5.41, 5.74) is 3.28. The first-order valence-electron chi connectivity index (χ1n) is 10.8. The minimum absolute atomic E-state index is 0.000441. The van der Waals surface area contributed by atoms with Crippen LogP contribution in [-0.2, 0) is 33.9 Å². The molecule has 1 aliphatic heterocycles. The molecule has 1 atom stereocenters. The predicted molar refractivity (Wildman–Crippen MR) is 121 cm³/mol. The van der Waals surface area contributed by atoms with Gasteiger partial charge in [0.15, 0.2) is 0 Å². The molecule has 9 nitrogen and oxygen atoms in total. The first kappa shape index (κ1) is 23.1. The molecular weight excluding hydrogens is 442 g/mol. The number of hydrogen-bond donors (Lipinski definition) is 0. The molecule has 4 heterocycles. The molecule has 0 aromatic carbocycles. The summed E-state index contributed by atoms with van der Waals surface area (Å²) in [6, 6.07) is 3.77. The topological polar surface area (TPSA) is 102 Å². The van der Waals surface area contributed by atoms with Crippen molar-refractivity contribution < 1.29 is 18.8 Å². The Kier molecular flexibility index (Phi) is 7.14. The maximum absolute atomic E-state index is 13.2. The number of carbonyl (C=O) groups is 2. The molecule has 174 valence electrons. The molecule has 0 spiro atoms. The molecule has 2 amide bonds. The first-order valence-corrected chi connectivity index (χ1v) is 11.7. The van der Waals surface area contributed by atoms with Gasteiger partial charge in [0.05, 0.1) is 48.6 Å². The van der Waals surface area contributed by atoms with Crippen LogP contribution in [0.4, 0.5) is 0 Å². The molecular formula is C23H27N5O4S. The van der Waals surface area contributed by atoms with Crippen molar-refractivity contribution in [3.63, 3.8) is 0 Å². The molecule has 0 radical (unpaired) electrons. The van der Waals surface area contributed by atoms with Gasteiger partial charge in [-0.1, -0.05) is 5.16 Å². The van der Waals surface area contributed by atoms with Crippen LogP contribution < -0.4 is 0 Å². The average Bonchev–Trinajstić information content (AvgIpc) is 3.30. The van der Waals surface area contributed by atoms with Crippen LogP contribution in [0, 0.1) is 20.8 Å². The van der Waals surface area contributed by atoms with Gasteiger partial charge in [-0.2, -0.15) is 0 Å². The Bertz CT molecular complexity index is 1090. The van der Waals surface area contributed by atoms with Crippen LogP contribution in [0.5, 0.6) is 0 Å². The number of ether oxygens (including phenoxy) is 1. The molecule has 3 aromatic rings. The van der Waals surface area contributed by atoms with Gasteiger partial charge in [0.1, 0.15) is 5.76 Å². The van der Waals surface area contributed by atoms with Gasteiger partial charge in [-0.3, -0.25) is 14.6 Å². The fraction of sp³-hybridized carbons (Fsp3) is 0.435. The maximum atomic E-state index is 13.2. The quantitative estimate of drug-likeness (QED) is 0.524. The van der Waals surface area contributed by atoms with Crippen molar-refractivity contribution >= 4 is 23.2 Å². The normalized spacial score (nSPS) is 16.8. The summed E-state index contributed by atoms with van der Waals surface area (Å²) in [7, 11) is 0. The maximum Gasteiger partial charge on any atom is 0.242 e. The smallest absolute Gasteiger partial charge is 0.242 e. The van der Waals surface area contributed by atoms with E-state index in [-0.39, 0.29) is 30.9 Å². The van der Waals surface area contributed by atoms with Gasteiger partial charge in [-0.25, -0.2) is 4.98 Å². The zero-order valence-corrected chi connectivity index (χ0v) is 19.8. The molecule has 0 unspecified atom stereocenters. The SMILES string of the molecule is Cc1nc(CN2C[C@@H](OCc3ccncc3)CN(C(=O)Cc3c(C)noc3C)CC2=O)cs1. The van der Waals surface area contributed by atoms with Crippen molar-refractivity contribution in [1.29, 1.82) is 0 Å². The van der Waals surface area contributed by atoms with Gasteiger partial charge < -0.3 is 19.1 Å². The number of rotatable bonds is 7. The Morgan fingerprint density at radius 2 is 2.03 bits per heavy atom. The highest BCUT2D eigenvalue weighted by Gasteiger charge is 2.32. The second-order valence-electron chi connectivity index (χ2n) is 8.17. The first-order chi connectivity index (χ1) is 15.9. The number of pyridine rings is 1. The van der Waals surface area contributed by atoms with Crippen molar-refractivity contribution in [3.8, 4) is 0 Å². The monoisotopic (exact) mass is 469 g/mol. The van der Waals surface area contributed by atoms with Gasteiger partial charge in [-0.15, -0.1) is 11.3 Å². The van der Waals surface area contributed by atoms with Crippen molar-refractivity contribution in [3.05, 3.63) is 63.2 Å². The summed E-state index contributed by atoms with van der Waals surface area (Å²) >= 11 is 1.55. The Hall–Kier alpha value is -3.11. The van der Waals surface area contributed by atoms with E-state index in [4.69, 9.17) is 9.26 Å². The van der Waals surface area contributed by atoms with E-state index in [1.54, 1.807) is 40.5 Å². The number of aryl methyl sites for hydroxylation is 3. The number of nitrogens with zero attached hydrogens (tertiary/aromatic N) is 5. The fourth-order valence-electron chi connectivity index (χ4n) is 3.81. The van der Waals surface area contributed by atoms with E-state index in [1.165, 1.54) is 0 Å². The zero-order chi connectivity index (χ0) is 23.4. The van der Waals surface area contributed by atoms with Gasteiger partial charge in [-0.05, 0) is 38.5 Å². The summed E-state index contributed by atoms with van der Waals surface area (Å²) in [6.07, 6.45) is 3.23. The number of hydrogen-bond acceptors (Lipinski definition) is 8. The number of carbonyl (C=O) groups excluding carboxylic acids is 2. The molecule has 0 bridgehead atoms. The van der Waals surface area contributed by atoms with E-state index in [2.05, 4.69) is 15.1 Å². The Morgan fingerprint density at radius 1 is 1.24 bits per heavy atom. The van der Waals surface area contributed by atoms with Crippen molar-refractivity contribution in [2.75, 3.05) is 19.6 Å². The lowest BCUT2D eigenvalue weighted by Crippen LogP contribution is -2.40. The van der Waals surface area contributed by atoms with E-state index in [1.807, 2.05) is 31.4 Å². The van der Waals surface area contributed by atoms with Crippen LogP contribution in [0.1, 0.15) is 33.3 Å².